The van der Waals surface area contributed by atoms with Crippen LogP contribution in [-0.2, 0) is 0 Å². The number of rotatable bonds is 4. The van der Waals surface area contributed by atoms with Gasteiger partial charge in [-0.05, 0) is 24.2 Å². The highest BCUT2D eigenvalue weighted by Crippen LogP contribution is 2.32. The van der Waals surface area contributed by atoms with E-state index in [1.807, 2.05) is 0 Å². The molecule has 1 saturated carbocycles. The molecule has 1 aliphatic rings. The van der Waals surface area contributed by atoms with Crippen molar-refractivity contribution in [2.24, 2.45) is 17.8 Å². The Labute approximate surface area is 90.5 Å². The van der Waals surface area contributed by atoms with E-state index in [1.54, 1.807) is 0 Å². The van der Waals surface area contributed by atoms with Crippen molar-refractivity contribution >= 4 is 0 Å². The zero-order valence-corrected chi connectivity index (χ0v) is 10.4. The fraction of sp³-hybridized carbons (Fsp3) is 1.00. The molecule has 0 aliphatic heterocycles. The smallest absolute Gasteiger partial charge is 0.0388 e. The van der Waals surface area contributed by atoms with Crippen LogP contribution in [0.4, 0.5) is 0 Å². The van der Waals surface area contributed by atoms with E-state index in [-0.39, 0.29) is 0 Å². The van der Waals surface area contributed by atoms with E-state index in [2.05, 4.69) is 20.8 Å². The molecule has 0 N–H and O–H groups in total. The van der Waals surface area contributed by atoms with Gasteiger partial charge in [0.15, 0.2) is 0 Å². The van der Waals surface area contributed by atoms with Gasteiger partial charge in [0.05, 0.1) is 0 Å². The highest BCUT2D eigenvalue weighted by atomic mass is 14.3. The van der Waals surface area contributed by atoms with Crippen molar-refractivity contribution < 1.29 is 0 Å². The van der Waals surface area contributed by atoms with E-state index >= 15 is 0 Å². The van der Waals surface area contributed by atoms with E-state index < -0.39 is 0 Å². The minimum atomic E-state index is 0.949. The Morgan fingerprint density at radius 2 is 1.86 bits per heavy atom. The zero-order valence-electron chi connectivity index (χ0n) is 10.4. The molecule has 0 aromatic carbocycles. The molecule has 1 rings (SSSR count). The molecule has 0 amide bonds. The Balaban J connectivity index is 2.26. The average molecular weight is 196 g/mol. The van der Waals surface area contributed by atoms with Crippen molar-refractivity contribution in [3.05, 3.63) is 0 Å². The lowest BCUT2D eigenvalue weighted by molar-refractivity contribution is 0.291. The van der Waals surface area contributed by atoms with Gasteiger partial charge in [-0.25, -0.2) is 0 Å². The lowest BCUT2D eigenvalue weighted by Gasteiger charge is -2.22. The van der Waals surface area contributed by atoms with Gasteiger partial charge in [0, 0.05) is 0 Å². The summed E-state index contributed by atoms with van der Waals surface area (Å²) in [4.78, 5) is 0. The molecular weight excluding hydrogens is 168 g/mol. The number of hydrogen-bond acceptors (Lipinski definition) is 0. The minimum Gasteiger partial charge on any atom is -0.0651 e. The summed E-state index contributed by atoms with van der Waals surface area (Å²) in [5, 5.41) is 0. The van der Waals surface area contributed by atoms with Gasteiger partial charge in [-0.1, -0.05) is 65.7 Å². The van der Waals surface area contributed by atoms with E-state index in [0.717, 1.165) is 17.8 Å². The van der Waals surface area contributed by atoms with Gasteiger partial charge in [-0.3, -0.25) is 0 Å². The molecule has 1 fully saturated rings. The van der Waals surface area contributed by atoms with Crippen LogP contribution in [0.25, 0.3) is 0 Å². The van der Waals surface area contributed by atoms with Crippen LogP contribution in [0.5, 0.6) is 0 Å². The fourth-order valence-electron chi connectivity index (χ4n) is 2.70. The van der Waals surface area contributed by atoms with Gasteiger partial charge in [0.1, 0.15) is 0 Å². The van der Waals surface area contributed by atoms with Gasteiger partial charge in [-0.2, -0.15) is 0 Å². The van der Waals surface area contributed by atoms with Crippen LogP contribution in [0.3, 0.4) is 0 Å². The molecule has 1 aliphatic carbocycles. The summed E-state index contributed by atoms with van der Waals surface area (Å²) in [6.07, 6.45) is 11.8. The molecule has 0 bridgehead atoms. The second-order valence-electron chi connectivity index (χ2n) is 5.47. The first-order valence-electron chi connectivity index (χ1n) is 6.74. The first-order chi connectivity index (χ1) is 6.74. The molecule has 0 spiro atoms. The van der Waals surface area contributed by atoms with Crippen molar-refractivity contribution in [2.45, 2.75) is 72.1 Å². The molecule has 84 valence electrons. The van der Waals surface area contributed by atoms with Gasteiger partial charge < -0.3 is 0 Å². The molecule has 0 heterocycles. The molecule has 0 nitrogen and oxygen atoms in total. The molecular formula is C14H28. The minimum absolute atomic E-state index is 0.949. The van der Waals surface area contributed by atoms with Gasteiger partial charge in [-0.15, -0.1) is 0 Å². The second-order valence-corrected chi connectivity index (χ2v) is 5.47. The SMILES string of the molecule is CCC(C)CCC1CCCCCC1C. The van der Waals surface area contributed by atoms with Crippen LogP contribution in [0, 0.1) is 17.8 Å². The molecule has 0 heteroatoms. The lowest BCUT2D eigenvalue weighted by atomic mass is 9.84. The van der Waals surface area contributed by atoms with E-state index in [1.165, 1.54) is 51.4 Å². The third-order valence-corrected chi connectivity index (χ3v) is 4.27. The van der Waals surface area contributed by atoms with Crippen LogP contribution in [-0.4, -0.2) is 0 Å². The first kappa shape index (κ1) is 12.1. The third-order valence-electron chi connectivity index (χ3n) is 4.27. The fourth-order valence-corrected chi connectivity index (χ4v) is 2.70. The summed E-state index contributed by atoms with van der Waals surface area (Å²) in [7, 11) is 0. The van der Waals surface area contributed by atoms with E-state index in [9.17, 15) is 0 Å². The Morgan fingerprint density at radius 3 is 2.57 bits per heavy atom. The predicted octanol–water partition coefficient (Wildman–Crippen LogP) is 5.03. The number of hydrogen-bond donors (Lipinski definition) is 0. The van der Waals surface area contributed by atoms with Crippen LogP contribution in [0.15, 0.2) is 0 Å². The maximum Gasteiger partial charge on any atom is -0.0388 e. The van der Waals surface area contributed by atoms with Crippen molar-refractivity contribution in [1.82, 2.24) is 0 Å². The van der Waals surface area contributed by atoms with Crippen LogP contribution < -0.4 is 0 Å². The zero-order chi connectivity index (χ0) is 10.4. The highest BCUT2D eigenvalue weighted by molar-refractivity contribution is 4.71. The standard InChI is InChI=1S/C14H28/c1-4-12(2)10-11-14-9-7-5-6-8-13(14)3/h12-14H,4-11H2,1-3H3. The summed E-state index contributed by atoms with van der Waals surface area (Å²) in [6, 6.07) is 0. The Bertz CT molecular complexity index is 139. The quantitative estimate of drug-likeness (QED) is 0.553. The van der Waals surface area contributed by atoms with Crippen molar-refractivity contribution in [1.29, 1.82) is 0 Å². The Kier molecular flexibility index (Phi) is 5.59. The van der Waals surface area contributed by atoms with Gasteiger partial charge >= 0.3 is 0 Å². The lowest BCUT2D eigenvalue weighted by Crippen LogP contribution is -2.11. The van der Waals surface area contributed by atoms with Crippen LogP contribution in [0.2, 0.25) is 0 Å². The first-order valence-corrected chi connectivity index (χ1v) is 6.74. The van der Waals surface area contributed by atoms with Crippen LogP contribution >= 0.6 is 0 Å². The van der Waals surface area contributed by atoms with E-state index in [4.69, 9.17) is 0 Å². The van der Waals surface area contributed by atoms with Crippen LogP contribution in [0.1, 0.15) is 72.1 Å². The van der Waals surface area contributed by atoms with E-state index in [0.29, 0.717) is 0 Å². The molecule has 0 radical (unpaired) electrons. The molecule has 0 aromatic heterocycles. The maximum absolute atomic E-state index is 2.48. The topological polar surface area (TPSA) is 0 Å². The normalized spacial score (nSPS) is 31.1. The third kappa shape index (κ3) is 4.02. The average Bonchev–Trinajstić information content (AvgIpc) is 2.39. The van der Waals surface area contributed by atoms with Gasteiger partial charge in [0.2, 0.25) is 0 Å². The Morgan fingerprint density at radius 1 is 1.14 bits per heavy atom. The summed E-state index contributed by atoms with van der Waals surface area (Å²) < 4.78 is 0. The van der Waals surface area contributed by atoms with Gasteiger partial charge in [0.25, 0.3) is 0 Å². The summed E-state index contributed by atoms with van der Waals surface area (Å²) in [5.41, 5.74) is 0. The molecule has 0 saturated heterocycles. The monoisotopic (exact) mass is 196 g/mol. The molecule has 0 aromatic rings. The highest BCUT2D eigenvalue weighted by Gasteiger charge is 2.19. The molecule has 3 unspecified atom stereocenters. The molecule has 3 atom stereocenters. The maximum atomic E-state index is 2.48. The summed E-state index contributed by atoms with van der Waals surface area (Å²) >= 11 is 0. The predicted molar refractivity (Wildman–Crippen MR) is 64.4 cm³/mol. The summed E-state index contributed by atoms with van der Waals surface area (Å²) in [6.45, 7) is 7.20. The largest absolute Gasteiger partial charge is 0.0651 e. The van der Waals surface area contributed by atoms with Crippen molar-refractivity contribution in [2.75, 3.05) is 0 Å². The second kappa shape index (κ2) is 6.48. The van der Waals surface area contributed by atoms with Crippen molar-refractivity contribution in [3.63, 3.8) is 0 Å². The summed E-state index contributed by atoms with van der Waals surface area (Å²) in [5.74, 6) is 3.00. The molecule has 14 heavy (non-hydrogen) atoms. The van der Waals surface area contributed by atoms with Crippen molar-refractivity contribution in [3.8, 4) is 0 Å². The Hall–Kier alpha value is 0.